The minimum atomic E-state index is -0.478. The third-order valence-corrected chi connectivity index (χ3v) is 6.44. The molecule has 0 radical (unpaired) electrons. The maximum atomic E-state index is 12.2. The van der Waals surface area contributed by atoms with Crippen molar-refractivity contribution in [3.05, 3.63) is 58.1 Å². The molecule has 3 aromatic rings. The van der Waals surface area contributed by atoms with E-state index in [4.69, 9.17) is 9.72 Å². The number of fused-ring (bicyclic) bond motifs is 1. The molecule has 0 aliphatic carbocycles. The second-order valence-corrected chi connectivity index (χ2v) is 8.46. The number of hydrogen-bond acceptors (Lipinski definition) is 8. The fourth-order valence-electron chi connectivity index (χ4n) is 3.61. The number of hydrogen-bond donors (Lipinski definition) is 1. The van der Waals surface area contributed by atoms with Crippen molar-refractivity contribution in [1.82, 2.24) is 15.2 Å². The number of anilines is 1. The fraction of sp³-hybridized carbons (Fsp3) is 0.364. The first kappa shape index (κ1) is 22.0. The molecule has 1 aliphatic heterocycles. The lowest BCUT2D eigenvalue weighted by atomic mass is 10.2. The van der Waals surface area contributed by atoms with Gasteiger partial charge in [0.05, 0.1) is 21.7 Å². The normalized spacial score (nSPS) is 14.5. The van der Waals surface area contributed by atoms with Gasteiger partial charge < -0.3 is 15.0 Å². The summed E-state index contributed by atoms with van der Waals surface area (Å²) in [5.74, 6) is 0.648. The standard InChI is InChI=1S/C22H25N5O4S/c1-2-31-18-7-8-19-20(15-18)32-22(24-19)26-13-11-25(12-14-26)10-9-23-21(28)16-3-5-17(6-4-16)27(29)30/h3-8,15H,2,9-14H2,1H3,(H,23,28). The lowest BCUT2D eigenvalue weighted by Gasteiger charge is -2.34. The van der Waals surface area contributed by atoms with Crippen molar-refractivity contribution < 1.29 is 14.5 Å². The highest BCUT2D eigenvalue weighted by Gasteiger charge is 2.20. The molecule has 0 bridgehead atoms. The molecule has 10 heteroatoms. The maximum absolute atomic E-state index is 12.2. The van der Waals surface area contributed by atoms with Gasteiger partial charge in [-0.25, -0.2) is 4.98 Å². The lowest BCUT2D eigenvalue weighted by molar-refractivity contribution is -0.384. The lowest BCUT2D eigenvalue weighted by Crippen LogP contribution is -2.48. The van der Waals surface area contributed by atoms with Gasteiger partial charge in [-0.05, 0) is 37.3 Å². The van der Waals surface area contributed by atoms with Crippen LogP contribution in [-0.2, 0) is 0 Å². The van der Waals surface area contributed by atoms with Gasteiger partial charge in [-0.1, -0.05) is 11.3 Å². The minimum absolute atomic E-state index is 0.0257. The van der Waals surface area contributed by atoms with Crippen molar-refractivity contribution >= 4 is 38.3 Å². The van der Waals surface area contributed by atoms with Gasteiger partial charge in [0.1, 0.15) is 5.75 Å². The Balaban J connectivity index is 1.24. The van der Waals surface area contributed by atoms with Gasteiger partial charge in [0, 0.05) is 57.0 Å². The first-order chi connectivity index (χ1) is 15.5. The molecule has 1 N–H and O–H groups in total. The molecule has 0 saturated carbocycles. The summed E-state index contributed by atoms with van der Waals surface area (Å²) in [6.07, 6.45) is 0. The second-order valence-electron chi connectivity index (χ2n) is 7.45. The Hall–Kier alpha value is -3.24. The van der Waals surface area contributed by atoms with Crippen LogP contribution in [0.15, 0.2) is 42.5 Å². The number of aromatic nitrogens is 1. The molecule has 1 fully saturated rings. The number of nitrogens with zero attached hydrogens (tertiary/aromatic N) is 4. The number of benzene rings is 2. The first-order valence-corrected chi connectivity index (χ1v) is 11.4. The number of thiazole rings is 1. The summed E-state index contributed by atoms with van der Waals surface area (Å²) < 4.78 is 6.71. The van der Waals surface area contributed by atoms with Crippen molar-refractivity contribution in [3.8, 4) is 5.75 Å². The van der Waals surface area contributed by atoms with Gasteiger partial charge in [-0.2, -0.15) is 0 Å². The predicted octanol–water partition coefficient (Wildman–Crippen LogP) is 3.16. The van der Waals surface area contributed by atoms with E-state index in [1.807, 2.05) is 25.1 Å². The van der Waals surface area contributed by atoms with E-state index in [0.717, 1.165) is 53.8 Å². The van der Waals surface area contributed by atoms with Crippen molar-refractivity contribution in [1.29, 1.82) is 0 Å². The molecule has 32 heavy (non-hydrogen) atoms. The molecule has 0 atom stereocenters. The minimum Gasteiger partial charge on any atom is -0.494 e. The van der Waals surface area contributed by atoms with Gasteiger partial charge in [-0.15, -0.1) is 0 Å². The molecule has 0 unspecified atom stereocenters. The van der Waals surface area contributed by atoms with Crippen molar-refractivity contribution in [2.45, 2.75) is 6.92 Å². The molecule has 1 aromatic heterocycles. The van der Waals surface area contributed by atoms with E-state index in [9.17, 15) is 14.9 Å². The van der Waals surface area contributed by atoms with Gasteiger partial charge in [-0.3, -0.25) is 19.8 Å². The van der Waals surface area contributed by atoms with Crippen LogP contribution in [0.1, 0.15) is 17.3 Å². The highest BCUT2D eigenvalue weighted by atomic mass is 32.1. The summed E-state index contributed by atoms with van der Waals surface area (Å²) >= 11 is 1.68. The first-order valence-electron chi connectivity index (χ1n) is 10.6. The van der Waals surface area contributed by atoms with E-state index in [-0.39, 0.29) is 11.6 Å². The Morgan fingerprint density at radius 1 is 1.19 bits per heavy atom. The SMILES string of the molecule is CCOc1ccc2nc(N3CCN(CCNC(=O)c4ccc([N+](=O)[O-])cc4)CC3)sc2c1. The van der Waals surface area contributed by atoms with Crippen LogP contribution in [0.25, 0.3) is 10.2 Å². The Morgan fingerprint density at radius 2 is 1.94 bits per heavy atom. The summed E-state index contributed by atoms with van der Waals surface area (Å²) in [5, 5.41) is 14.6. The molecule has 1 saturated heterocycles. The van der Waals surface area contributed by atoms with Gasteiger partial charge >= 0.3 is 0 Å². The number of nitro groups is 1. The third kappa shape index (κ3) is 5.14. The highest BCUT2D eigenvalue weighted by molar-refractivity contribution is 7.22. The Labute approximate surface area is 189 Å². The van der Waals surface area contributed by atoms with E-state index >= 15 is 0 Å². The number of piperazine rings is 1. The van der Waals surface area contributed by atoms with E-state index in [0.29, 0.717) is 18.7 Å². The summed E-state index contributed by atoms with van der Waals surface area (Å²) in [6.45, 7) is 7.46. The zero-order valence-corrected chi connectivity index (χ0v) is 18.6. The summed E-state index contributed by atoms with van der Waals surface area (Å²) in [7, 11) is 0. The summed E-state index contributed by atoms with van der Waals surface area (Å²) in [5.41, 5.74) is 1.39. The van der Waals surface area contributed by atoms with Crippen LogP contribution in [0.3, 0.4) is 0 Å². The van der Waals surface area contributed by atoms with Crippen LogP contribution in [0.2, 0.25) is 0 Å². The molecule has 2 heterocycles. The molecule has 4 rings (SSSR count). The number of amides is 1. The van der Waals surface area contributed by atoms with Crippen LogP contribution >= 0.6 is 11.3 Å². The fourth-order valence-corrected chi connectivity index (χ4v) is 4.66. The molecule has 1 amide bonds. The summed E-state index contributed by atoms with van der Waals surface area (Å²) in [6, 6.07) is 11.6. The van der Waals surface area contributed by atoms with E-state index < -0.39 is 4.92 Å². The number of ether oxygens (including phenoxy) is 1. The smallest absolute Gasteiger partial charge is 0.269 e. The van der Waals surface area contributed by atoms with Gasteiger partial charge in [0.25, 0.3) is 11.6 Å². The molecular weight excluding hydrogens is 430 g/mol. The largest absolute Gasteiger partial charge is 0.494 e. The van der Waals surface area contributed by atoms with Crippen LogP contribution < -0.4 is 15.0 Å². The highest BCUT2D eigenvalue weighted by Crippen LogP contribution is 2.31. The molecule has 9 nitrogen and oxygen atoms in total. The second kappa shape index (κ2) is 9.92. The van der Waals surface area contributed by atoms with Gasteiger partial charge in [0.2, 0.25) is 0 Å². The van der Waals surface area contributed by atoms with Gasteiger partial charge in [0.15, 0.2) is 5.13 Å². The number of rotatable bonds is 8. The van der Waals surface area contributed by atoms with E-state index in [2.05, 4.69) is 15.1 Å². The molecule has 1 aliphatic rings. The molecule has 2 aromatic carbocycles. The average molecular weight is 456 g/mol. The zero-order valence-electron chi connectivity index (χ0n) is 17.8. The van der Waals surface area contributed by atoms with Crippen LogP contribution in [0.5, 0.6) is 5.75 Å². The van der Waals surface area contributed by atoms with E-state index in [1.54, 1.807) is 11.3 Å². The quantitative estimate of drug-likeness (QED) is 0.411. The molecule has 168 valence electrons. The average Bonchev–Trinajstić information content (AvgIpc) is 3.23. The van der Waals surface area contributed by atoms with Crippen LogP contribution in [-0.4, -0.2) is 66.6 Å². The van der Waals surface area contributed by atoms with Crippen LogP contribution in [0.4, 0.5) is 10.8 Å². The zero-order chi connectivity index (χ0) is 22.5. The number of nitro benzene ring substituents is 1. The number of nitrogens with one attached hydrogen (secondary N) is 1. The third-order valence-electron chi connectivity index (χ3n) is 5.36. The van der Waals surface area contributed by atoms with Crippen molar-refractivity contribution in [2.24, 2.45) is 0 Å². The molecule has 0 spiro atoms. The maximum Gasteiger partial charge on any atom is 0.269 e. The monoisotopic (exact) mass is 455 g/mol. The number of carbonyl (C=O) groups excluding carboxylic acids is 1. The number of non-ortho nitro benzene ring substituents is 1. The summed E-state index contributed by atoms with van der Waals surface area (Å²) in [4.78, 5) is 31.9. The van der Waals surface area contributed by atoms with Crippen LogP contribution in [0, 0.1) is 10.1 Å². The Morgan fingerprint density at radius 3 is 2.62 bits per heavy atom. The van der Waals surface area contributed by atoms with Crippen molar-refractivity contribution in [3.63, 3.8) is 0 Å². The Kier molecular flexibility index (Phi) is 6.81. The topological polar surface area (TPSA) is 101 Å². The molecular formula is C22H25N5O4S. The van der Waals surface area contributed by atoms with E-state index in [1.165, 1.54) is 24.3 Å². The Bertz CT molecular complexity index is 1090. The number of carbonyl (C=O) groups is 1. The predicted molar refractivity (Wildman–Crippen MR) is 125 cm³/mol. The van der Waals surface area contributed by atoms with Crippen molar-refractivity contribution in [2.75, 3.05) is 50.8 Å².